The van der Waals surface area contributed by atoms with Crippen LogP contribution in [0.5, 0.6) is 5.95 Å². The van der Waals surface area contributed by atoms with Crippen LogP contribution in [0.15, 0.2) is 87.4 Å². The molecule has 0 aliphatic rings. The van der Waals surface area contributed by atoms with E-state index in [1.54, 1.807) is 6.07 Å². The van der Waals surface area contributed by atoms with Crippen LogP contribution in [0.1, 0.15) is 5.56 Å². The second-order valence-corrected chi connectivity index (χ2v) is 5.90. The van der Waals surface area contributed by atoms with Gasteiger partial charge in [0.25, 0.3) is 0 Å². The fourth-order valence-corrected chi connectivity index (χ4v) is 2.73. The van der Waals surface area contributed by atoms with Crippen LogP contribution in [0, 0.1) is 6.92 Å². The number of aromatic hydroxyl groups is 1. The second kappa shape index (κ2) is 6.24. The van der Waals surface area contributed by atoms with E-state index in [-0.39, 0.29) is 5.95 Å². The first-order valence-corrected chi connectivity index (χ1v) is 7.99. The highest BCUT2D eigenvalue weighted by Gasteiger charge is 2.12. The van der Waals surface area contributed by atoms with Crippen LogP contribution in [0.2, 0.25) is 0 Å². The second-order valence-electron chi connectivity index (χ2n) is 5.90. The SMILES string of the molecule is Cc1cccc(N=Nc2cc(-c3ccc4ccccc4c3)oc2O)c1. The third kappa shape index (κ3) is 3.15. The maximum Gasteiger partial charge on any atom is 0.311 e. The van der Waals surface area contributed by atoms with E-state index in [0.717, 1.165) is 27.6 Å². The van der Waals surface area contributed by atoms with Crippen molar-refractivity contribution in [3.05, 3.63) is 78.4 Å². The Morgan fingerprint density at radius 3 is 2.48 bits per heavy atom. The maximum absolute atomic E-state index is 10.0. The average molecular weight is 328 g/mol. The van der Waals surface area contributed by atoms with Gasteiger partial charge in [-0.2, -0.15) is 5.11 Å². The normalized spacial score (nSPS) is 11.4. The highest BCUT2D eigenvalue weighted by molar-refractivity contribution is 5.86. The number of aryl methyl sites for hydroxylation is 1. The predicted octanol–water partition coefficient (Wildman–Crippen LogP) is 6.53. The number of fused-ring (bicyclic) bond motifs is 1. The zero-order chi connectivity index (χ0) is 17.2. The Labute approximate surface area is 145 Å². The summed E-state index contributed by atoms with van der Waals surface area (Å²) < 4.78 is 5.46. The molecule has 0 fully saturated rings. The van der Waals surface area contributed by atoms with Crippen molar-refractivity contribution in [1.29, 1.82) is 0 Å². The van der Waals surface area contributed by atoms with Gasteiger partial charge >= 0.3 is 5.95 Å². The standard InChI is InChI=1S/C21H16N2O2/c1-14-5-4-8-18(11-14)22-23-19-13-20(25-21(19)24)17-10-9-15-6-2-3-7-16(15)12-17/h2-13,24H,1H3. The smallest absolute Gasteiger partial charge is 0.311 e. The predicted molar refractivity (Wildman–Crippen MR) is 98.7 cm³/mol. The lowest BCUT2D eigenvalue weighted by atomic mass is 10.1. The molecule has 4 nitrogen and oxygen atoms in total. The maximum atomic E-state index is 10.0. The van der Waals surface area contributed by atoms with Gasteiger partial charge in [0.1, 0.15) is 5.76 Å². The van der Waals surface area contributed by atoms with Gasteiger partial charge in [0.15, 0.2) is 5.69 Å². The molecule has 122 valence electrons. The summed E-state index contributed by atoms with van der Waals surface area (Å²) in [6, 6.07) is 23.5. The lowest BCUT2D eigenvalue weighted by molar-refractivity contribution is 0.339. The Morgan fingerprint density at radius 1 is 0.800 bits per heavy atom. The molecule has 0 spiro atoms. The topological polar surface area (TPSA) is 58.1 Å². The van der Waals surface area contributed by atoms with E-state index >= 15 is 0 Å². The molecule has 0 atom stereocenters. The molecule has 1 N–H and O–H groups in total. The largest absolute Gasteiger partial charge is 0.479 e. The molecule has 3 aromatic carbocycles. The average Bonchev–Trinajstić information content (AvgIpc) is 3.00. The minimum atomic E-state index is -0.237. The van der Waals surface area contributed by atoms with E-state index in [9.17, 15) is 5.11 Å². The van der Waals surface area contributed by atoms with Gasteiger partial charge in [0.2, 0.25) is 0 Å². The highest BCUT2D eigenvalue weighted by atomic mass is 16.5. The summed E-state index contributed by atoms with van der Waals surface area (Å²) >= 11 is 0. The minimum Gasteiger partial charge on any atom is -0.479 e. The van der Waals surface area contributed by atoms with Crippen LogP contribution in [0.4, 0.5) is 11.4 Å². The van der Waals surface area contributed by atoms with Gasteiger partial charge in [-0.3, -0.25) is 0 Å². The van der Waals surface area contributed by atoms with E-state index in [0.29, 0.717) is 11.4 Å². The zero-order valence-electron chi connectivity index (χ0n) is 13.7. The Kier molecular flexibility index (Phi) is 3.78. The molecule has 25 heavy (non-hydrogen) atoms. The van der Waals surface area contributed by atoms with Crippen molar-refractivity contribution < 1.29 is 9.52 Å². The molecule has 0 radical (unpaired) electrons. The molecule has 4 rings (SSSR count). The van der Waals surface area contributed by atoms with Crippen LogP contribution >= 0.6 is 0 Å². The molecule has 0 amide bonds. The molecule has 0 aliphatic carbocycles. The lowest BCUT2D eigenvalue weighted by Crippen LogP contribution is -1.75. The number of hydrogen-bond donors (Lipinski definition) is 1. The van der Waals surface area contributed by atoms with Crippen molar-refractivity contribution in [3.63, 3.8) is 0 Å². The summed E-state index contributed by atoms with van der Waals surface area (Å²) in [7, 11) is 0. The van der Waals surface area contributed by atoms with Gasteiger partial charge in [-0.1, -0.05) is 48.5 Å². The Hall–Kier alpha value is -3.40. The first-order valence-electron chi connectivity index (χ1n) is 7.99. The Balaban J connectivity index is 1.67. The number of furan rings is 1. The summed E-state index contributed by atoms with van der Waals surface area (Å²) in [6.45, 7) is 1.99. The molecule has 0 bridgehead atoms. The van der Waals surface area contributed by atoms with Crippen molar-refractivity contribution in [2.75, 3.05) is 0 Å². The molecule has 0 unspecified atom stereocenters. The molecule has 0 saturated heterocycles. The van der Waals surface area contributed by atoms with E-state index in [4.69, 9.17) is 4.42 Å². The van der Waals surface area contributed by atoms with E-state index < -0.39 is 0 Å². The summed E-state index contributed by atoms with van der Waals surface area (Å²) in [5.74, 6) is 0.320. The van der Waals surface area contributed by atoms with E-state index in [1.165, 1.54) is 0 Å². The first kappa shape index (κ1) is 15.1. The Morgan fingerprint density at radius 2 is 1.64 bits per heavy atom. The number of benzene rings is 3. The summed E-state index contributed by atoms with van der Waals surface area (Å²) in [5.41, 5.74) is 3.02. The zero-order valence-corrected chi connectivity index (χ0v) is 13.7. The molecule has 1 heterocycles. The number of azo groups is 1. The van der Waals surface area contributed by atoms with E-state index in [1.807, 2.05) is 67.6 Å². The molecule has 4 heteroatoms. The Bertz CT molecular complexity index is 1080. The molecule has 4 aromatic rings. The van der Waals surface area contributed by atoms with Gasteiger partial charge in [0, 0.05) is 11.6 Å². The van der Waals surface area contributed by atoms with Crippen molar-refractivity contribution in [1.82, 2.24) is 0 Å². The molecule has 1 aromatic heterocycles. The monoisotopic (exact) mass is 328 g/mol. The van der Waals surface area contributed by atoms with Crippen LogP contribution in [-0.2, 0) is 0 Å². The van der Waals surface area contributed by atoms with Crippen molar-refractivity contribution in [2.45, 2.75) is 6.92 Å². The third-order valence-corrected chi connectivity index (χ3v) is 4.00. The molecule has 0 aliphatic heterocycles. The van der Waals surface area contributed by atoms with Crippen LogP contribution in [0.25, 0.3) is 22.1 Å². The minimum absolute atomic E-state index is 0.237. The van der Waals surface area contributed by atoms with Gasteiger partial charge in [-0.25, -0.2) is 0 Å². The van der Waals surface area contributed by atoms with Crippen LogP contribution < -0.4 is 0 Å². The fraction of sp³-hybridized carbons (Fsp3) is 0.0476. The highest BCUT2D eigenvalue weighted by Crippen LogP contribution is 2.37. The fourth-order valence-electron chi connectivity index (χ4n) is 2.73. The lowest BCUT2D eigenvalue weighted by Gasteiger charge is -2.00. The molecular weight excluding hydrogens is 312 g/mol. The number of nitrogens with zero attached hydrogens (tertiary/aromatic N) is 2. The third-order valence-electron chi connectivity index (χ3n) is 4.00. The summed E-state index contributed by atoms with van der Waals surface area (Å²) in [5, 5.41) is 20.5. The molecular formula is C21H16N2O2. The number of rotatable bonds is 3. The van der Waals surface area contributed by atoms with Crippen LogP contribution in [-0.4, -0.2) is 5.11 Å². The van der Waals surface area contributed by atoms with Gasteiger partial charge in [-0.05, 0) is 41.5 Å². The summed E-state index contributed by atoms with van der Waals surface area (Å²) in [4.78, 5) is 0. The van der Waals surface area contributed by atoms with Crippen molar-refractivity contribution in [3.8, 4) is 17.3 Å². The van der Waals surface area contributed by atoms with Gasteiger partial charge in [-0.15, -0.1) is 5.11 Å². The number of hydrogen-bond acceptors (Lipinski definition) is 4. The van der Waals surface area contributed by atoms with Crippen molar-refractivity contribution >= 4 is 22.1 Å². The van der Waals surface area contributed by atoms with Crippen molar-refractivity contribution in [2.24, 2.45) is 10.2 Å². The summed E-state index contributed by atoms with van der Waals surface area (Å²) in [6.07, 6.45) is 0. The first-order chi connectivity index (χ1) is 12.2. The quantitative estimate of drug-likeness (QED) is 0.435. The van der Waals surface area contributed by atoms with E-state index in [2.05, 4.69) is 16.3 Å². The van der Waals surface area contributed by atoms with Gasteiger partial charge < -0.3 is 9.52 Å². The van der Waals surface area contributed by atoms with Crippen LogP contribution in [0.3, 0.4) is 0 Å². The van der Waals surface area contributed by atoms with Gasteiger partial charge in [0.05, 0.1) is 5.69 Å². The molecule has 0 saturated carbocycles.